The summed E-state index contributed by atoms with van der Waals surface area (Å²) in [5.41, 5.74) is 0.718. The van der Waals surface area contributed by atoms with Crippen LogP contribution in [0.2, 0.25) is 0 Å². The highest BCUT2D eigenvalue weighted by molar-refractivity contribution is 8.19. The van der Waals surface area contributed by atoms with Crippen molar-refractivity contribution in [2.24, 2.45) is 0 Å². The molecule has 0 saturated carbocycles. The van der Waals surface area contributed by atoms with Gasteiger partial charge in [-0.1, -0.05) is 6.07 Å². The van der Waals surface area contributed by atoms with Gasteiger partial charge in [0.05, 0.1) is 11.5 Å². The molecule has 1 saturated heterocycles. The SMILES string of the molecule is CCOc1cc(/C=C2/SC(=N)N(c3nccs3)C2=O)ccc1O. The summed E-state index contributed by atoms with van der Waals surface area (Å²) < 4.78 is 5.34. The average molecular weight is 347 g/mol. The van der Waals surface area contributed by atoms with E-state index in [4.69, 9.17) is 10.1 Å². The number of hydrogen-bond acceptors (Lipinski definition) is 7. The van der Waals surface area contributed by atoms with Crippen LogP contribution >= 0.6 is 23.1 Å². The lowest BCUT2D eigenvalue weighted by molar-refractivity contribution is -0.113. The Morgan fingerprint density at radius 3 is 3.00 bits per heavy atom. The molecule has 1 amide bonds. The number of hydrogen-bond donors (Lipinski definition) is 2. The van der Waals surface area contributed by atoms with Crippen molar-refractivity contribution >= 4 is 45.4 Å². The zero-order valence-electron chi connectivity index (χ0n) is 12.1. The molecule has 0 atom stereocenters. The first-order chi connectivity index (χ1) is 11.1. The summed E-state index contributed by atoms with van der Waals surface area (Å²) >= 11 is 2.39. The third kappa shape index (κ3) is 3.08. The summed E-state index contributed by atoms with van der Waals surface area (Å²) in [5, 5.41) is 20.1. The van der Waals surface area contributed by atoms with Gasteiger partial charge < -0.3 is 9.84 Å². The van der Waals surface area contributed by atoms with Gasteiger partial charge in [-0.15, -0.1) is 11.3 Å². The van der Waals surface area contributed by atoms with Crippen molar-refractivity contribution in [2.45, 2.75) is 6.92 Å². The highest BCUT2D eigenvalue weighted by Crippen LogP contribution is 2.36. The van der Waals surface area contributed by atoms with Crippen molar-refractivity contribution in [1.29, 1.82) is 5.41 Å². The highest BCUT2D eigenvalue weighted by atomic mass is 32.2. The fraction of sp³-hybridized carbons (Fsp3) is 0.133. The summed E-state index contributed by atoms with van der Waals surface area (Å²) in [4.78, 5) is 18.3. The third-order valence-corrected chi connectivity index (χ3v) is 4.66. The number of nitrogens with zero attached hydrogens (tertiary/aromatic N) is 2. The first-order valence-corrected chi connectivity index (χ1v) is 8.47. The van der Waals surface area contributed by atoms with Gasteiger partial charge in [-0.05, 0) is 42.5 Å². The van der Waals surface area contributed by atoms with Crippen molar-refractivity contribution in [3.63, 3.8) is 0 Å². The zero-order chi connectivity index (χ0) is 16.4. The second kappa shape index (κ2) is 6.43. The van der Waals surface area contributed by atoms with Crippen molar-refractivity contribution in [2.75, 3.05) is 11.5 Å². The predicted molar refractivity (Wildman–Crippen MR) is 92.2 cm³/mol. The number of thiazole rings is 1. The van der Waals surface area contributed by atoms with E-state index < -0.39 is 0 Å². The molecule has 1 fully saturated rings. The Bertz CT molecular complexity index is 787. The number of anilines is 1. The quantitative estimate of drug-likeness (QED) is 0.829. The molecule has 2 N–H and O–H groups in total. The average Bonchev–Trinajstić information content (AvgIpc) is 3.12. The molecule has 2 heterocycles. The Hall–Kier alpha value is -2.32. The number of rotatable bonds is 4. The van der Waals surface area contributed by atoms with Gasteiger partial charge in [0.25, 0.3) is 5.91 Å². The minimum atomic E-state index is -0.277. The number of nitrogens with one attached hydrogen (secondary N) is 1. The van der Waals surface area contributed by atoms with Gasteiger partial charge in [0.1, 0.15) is 0 Å². The van der Waals surface area contributed by atoms with Crippen LogP contribution < -0.4 is 9.64 Å². The Kier molecular flexibility index (Phi) is 4.35. The minimum Gasteiger partial charge on any atom is -0.504 e. The normalized spacial score (nSPS) is 16.4. The number of phenols is 1. The van der Waals surface area contributed by atoms with E-state index in [2.05, 4.69) is 4.98 Å². The molecule has 1 aliphatic rings. The molecule has 6 nitrogen and oxygen atoms in total. The first kappa shape index (κ1) is 15.6. The van der Waals surface area contributed by atoms with Crippen LogP contribution in [-0.2, 0) is 4.79 Å². The van der Waals surface area contributed by atoms with Crippen molar-refractivity contribution in [3.8, 4) is 11.5 Å². The summed E-state index contributed by atoms with van der Waals surface area (Å²) in [7, 11) is 0. The van der Waals surface area contributed by atoms with E-state index in [0.29, 0.717) is 22.4 Å². The Balaban J connectivity index is 1.90. The van der Waals surface area contributed by atoms with Gasteiger partial charge in [-0.3, -0.25) is 10.2 Å². The van der Waals surface area contributed by atoms with Crippen molar-refractivity contribution in [3.05, 3.63) is 40.2 Å². The van der Waals surface area contributed by atoms with E-state index in [1.807, 2.05) is 6.92 Å². The molecular formula is C15H13N3O3S2. The maximum absolute atomic E-state index is 12.5. The number of aromatic hydroxyl groups is 1. The summed E-state index contributed by atoms with van der Waals surface area (Å²) in [6, 6.07) is 4.87. The lowest BCUT2D eigenvalue weighted by Crippen LogP contribution is -2.27. The molecule has 23 heavy (non-hydrogen) atoms. The number of amides is 1. The van der Waals surface area contributed by atoms with Gasteiger partial charge in [-0.25, -0.2) is 9.88 Å². The van der Waals surface area contributed by atoms with Gasteiger partial charge in [-0.2, -0.15) is 0 Å². The number of carbonyl (C=O) groups excluding carboxylic acids is 1. The zero-order valence-corrected chi connectivity index (χ0v) is 13.8. The predicted octanol–water partition coefficient (Wildman–Crippen LogP) is 3.30. The maximum atomic E-state index is 12.5. The molecule has 1 aliphatic heterocycles. The molecule has 2 aromatic rings. The van der Waals surface area contributed by atoms with Crippen LogP contribution in [0.3, 0.4) is 0 Å². The molecule has 1 aromatic carbocycles. The molecule has 0 unspecified atom stereocenters. The van der Waals surface area contributed by atoms with Crippen LogP contribution in [-0.4, -0.2) is 27.8 Å². The largest absolute Gasteiger partial charge is 0.504 e. The number of carbonyl (C=O) groups is 1. The van der Waals surface area contributed by atoms with Crippen LogP contribution in [0.15, 0.2) is 34.7 Å². The standard InChI is InChI=1S/C15H13N3O3S2/c1-2-21-11-7-9(3-4-10(11)19)8-12-13(20)18(14(16)23-12)15-17-5-6-22-15/h3-8,16,19H,2H2,1H3/b12-8+,16-14?. The number of thioether (sulfide) groups is 1. The lowest BCUT2D eigenvalue weighted by atomic mass is 10.2. The van der Waals surface area contributed by atoms with Crippen molar-refractivity contribution < 1.29 is 14.6 Å². The van der Waals surface area contributed by atoms with Crippen molar-refractivity contribution in [1.82, 2.24) is 4.98 Å². The number of aromatic nitrogens is 1. The molecule has 0 spiro atoms. The Labute approximate surface area is 140 Å². The first-order valence-electron chi connectivity index (χ1n) is 6.78. The fourth-order valence-corrected chi connectivity index (χ4v) is 3.58. The monoisotopic (exact) mass is 347 g/mol. The van der Waals surface area contributed by atoms with E-state index in [0.717, 1.165) is 17.3 Å². The molecule has 8 heteroatoms. The number of amidine groups is 1. The Morgan fingerprint density at radius 1 is 1.48 bits per heavy atom. The van der Waals surface area contributed by atoms with Gasteiger partial charge in [0, 0.05) is 11.6 Å². The number of phenolic OH excluding ortho intramolecular Hbond substituents is 1. The lowest BCUT2D eigenvalue weighted by Gasteiger charge is -2.09. The third-order valence-electron chi connectivity index (χ3n) is 3.02. The summed E-state index contributed by atoms with van der Waals surface area (Å²) in [5.74, 6) is 0.140. The summed E-state index contributed by atoms with van der Waals surface area (Å²) in [6.45, 7) is 2.26. The Morgan fingerprint density at radius 2 is 2.30 bits per heavy atom. The van der Waals surface area contributed by atoms with Gasteiger partial charge in [0.15, 0.2) is 21.8 Å². The fourth-order valence-electron chi connectivity index (χ4n) is 2.03. The van der Waals surface area contributed by atoms with Gasteiger partial charge >= 0.3 is 0 Å². The van der Waals surface area contributed by atoms with E-state index in [-0.39, 0.29) is 16.8 Å². The maximum Gasteiger partial charge on any atom is 0.273 e. The molecule has 1 aromatic heterocycles. The van der Waals surface area contributed by atoms with E-state index >= 15 is 0 Å². The van der Waals surface area contributed by atoms with Gasteiger partial charge in [0.2, 0.25) is 0 Å². The van der Waals surface area contributed by atoms with Crippen LogP contribution in [0.1, 0.15) is 12.5 Å². The van der Waals surface area contributed by atoms with Crippen LogP contribution in [0.4, 0.5) is 5.13 Å². The minimum absolute atomic E-state index is 0.0524. The van der Waals surface area contributed by atoms with Crippen LogP contribution in [0.25, 0.3) is 6.08 Å². The smallest absolute Gasteiger partial charge is 0.273 e. The number of ether oxygens (including phenoxy) is 1. The van der Waals surface area contributed by atoms with Crippen LogP contribution in [0.5, 0.6) is 11.5 Å². The number of benzene rings is 1. The molecule has 0 bridgehead atoms. The molecular weight excluding hydrogens is 334 g/mol. The van der Waals surface area contributed by atoms with E-state index in [9.17, 15) is 9.90 Å². The second-order valence-corrected chi connectivity index (χ2v) is 6.43. The highest BCUT2D eigenvalue weighted by Gasteiger charge is 2.35. The van der Waals surface area contributed by atoms with E-state index in [1.165, 1.54) is 22.3 Å². The molecule has 118 valence electrons. The topological polar surface area (TPSA) is 86.5 Å². The summed E-state index contributed by atoms with van der Waals surface area (Å²) in [6.07, 6.45) is 3.28. The molecule has 3 rings (SSSR count). The molecule has 0 aliphatic carbocycles. The second-order valence-electron chi connectivity index (χ2n) is 4.53. The van der Waals surface area contributed by atoms with E-state index in [1.54, 1.807) is 29.8 Å². The molecule has 0 radical (unpaired) electrons. The van der Waals surface area contributed by atoms with Crippen LogP contribution in [0, 0.1) is 5.41 Å².